The van der Waals surface area contributed by atoms with Crippen LogP contribution in [0.3, 0.4) is 0 Å². The van der Waals surface area contributed by atoms with Crippen LogP contribution in [0.2, 0.25) is 0 Å². The monoisotopic (exact) mass is 267 g/mol. The molecule has 0 amide bonds. The van der Waals surface area contributed by atoms with Crippen LogP contribution in [0.25, 0.3) is 0 Å². The van der Waals surface area contributed by atoms with E-state index in [1.165, 1.54) is 57.9 Å². The number of aliphatic hydroxyl groups excluding tert-OH is 1. The molecule has 4 atom stereocenters. The van der Waals surface area contributed by atoms with Crippen molar-refractivity contribution in [2.75, 3.05) is 13.1 Å². The molecule has 1 saturated carbocycles. The molecule has 1 aliphatic carbocycles. The first kappa shape index (κ1) is 15.3. The summed E-state index contributed by atoms with van der Waals surface area (Å²) in [4.78, 5) is 2.71. The van der Waals surface area contributed by atoms with Crippen molar-refractivity contribution in [3.8, 4) is 0 Å². The Hall–Kier alpha value is -0.0800. The fourth-order valence-corrected chi connectivity index (χ4v) is 4.15. The van der Waals surface area contributed by atoms with Crippen molar-refractivity contribution in [3.05, 3.63) is 0 Å². The van der Waals surface area contributed by atoms with Gasteiger partial charge in [-0.05, 0) is 56.9 Å². The highest BCUT2D eigenvalue weighted by Crippen LogP contribution is 2.33. The van der Waals surface area contributed by atoms with Crippen molar-refractivity contribution in [3.63, 3.8) is 0 Å². The van der Waals surface area contributed by atoms with Gasteiger partial charge in [-0.2, -0.15) is 0 Å². The summed E-state index contributed by atoms with van der Waals surface area (Å²) in [6, 6.07) is 0.775. The van der Waals surface area contributed by atoms with Gasteiger partial charge in [0.05, 0.1) is 6.10 Å². The van der Waals surface area contributed by atoms with Crippen molar-refractivity contribution in [2.24, 2.45) is 11.8 Å². The van der Waals surface area contributed by atoms with E-state index >= 15 is 0 Å². The molecular formula is C17H33NO. The highest BCUT2D eigenvalue weighted by atomic mass is 16.3. The molecule has 0 bridgehead atoms. The Morgan fingerprint density at radius 2 is 1.84 bits per heavy atom. The molecule has 112 valence electrons. The van der Waals surface area contributed by atoms with Crippen LogP contribution in [0.1, 0.15) is 71.6 Å². The maximum Gasteiger partial charge on any atom is 0.0580 e. The topological polar surface area (TPSA) is 23.5 Å². The molecule has 2 fully saturated rings. The van der Waals surface area contributed by atoms with E-state index in [0.717, 1.165) is 24.9 Å². The van der Waals surface area contributed by atoms with E-state index in [0.29, 0.717) is 5.92 Å². The molecule has 0 aromatic heterocycles. The SMILES string of the molecule is CCC1CCC(O)C(CN2CCCCCC2CC)C1. The lowest BCUT2D eigenvalue weighted by molar-refractivity contribution is 0.0181. The van der Waals surface area contributed by atoms with Crippen LogP contribution in [0.15, 0.2) is 0 Å². The zero-order valence-electron chi connectivity index (χ0n) is 13.0. The van der Waals surface area contributed by atoms with Crippen molar-refractivity contribution >= 4 is 0 Å². The first-order chi connectivity index (χ1) is 9.24. The second-order valence-corrected chi connectivity index (χ2v) is 6.82. The minimum atomic E-state index is -0.0384. The Labute approximate surface area is 119 Å². The first-order valence-electron chi connectivity index (χ1n) is 8.66. The van der Waals surface area contributed by atoms with Gasteiger partial charge in [-0.3, -0.25) is 0 Å². The molecule has 0 aromatic rings. The highest BCUT2D eigenvalue weighted by Gasteiger charge is 2.31. The smallest absolute Gasteiger partial charge is 0.0580 e. The molecule has 0 radical (unpaired) electrons. The summed E-state index contributed by atoms with van der Waals surface area (Å²) in [7, 11) is 0. The van der Waals surface area contributed by atoms with E-state index in [2.05, 4.69) is 18.7 Å². The van der Waals surface area contributed by atoms with Crippen LogP contribution >= 0.6 is 0 Å². The summed E-state index contributed by atoms with van der Waals surface area (Å²) in [5.41, 5.74) is 0. The fraction of sp³-hybridized carbons (Fsp3) is 1.00. The Balaban J connectivity index is 1.92. The Morgan fingerprint density at radius 3 is 2.58 bits per heavy atom. The summed E-state index contributed by atoms with van der Waals surface area (Å²) in [5, 5.41) is 10.3. The van der Waals surface area contributed by atoms with Gasteiger partial charge < -0.3 is 10.0 Å². The summed E-state index contributed by atoms with van der Waals surface area (Å²) >= 11 is 0. The normalized spacial score (nSPS) is 38.1. The summed E-state index contributed by atoms with van der Waals surface area (Å²) in [6.45, 7) is 7.05. The highest BCUT2D eigenvalue weighted by molar-refractivity contribution is 4.84. The fourth-order valence-electron chi connectivity index (χ4n) is 4.15. The van der Waals surface area contributed by atoms with Gasteiger partial charge in [-0.1, -0.05) is 33.1 Å². The van der Waals surface area contributed by atoms with Crippen LogP contribution in [0.5, 0.6) is 0 Å². The van der Waals surface area contributed by atoms with E-state index in [4.69, 9.17) is 0 Å². The molecule has 2 nitrogen and oxygen atoms in total. The minimum absolute atomic E-state index is 0.0384. The maximum absolute atomic E-state index is 10.3. The van der Waals surface area contributed by atoms with E-state index in [9.17, 15) is 5.11 Å². The van der Waals surface area contributed by atoms with Gasteiger partial charge >= 0.3 is 0 Å². The van der Waals surface area contributed by atoms with Crippen molar-refractivity contribution in [1.29, 1.82) is 0 Å². The molecule has 1 heterocycles. The number of hydrogen-bond donors (Lipinski definition) is 1. The third kappa shape index (κ3) is 4.19. The molecule has 1 N–H and O–H groups in total. The summed E-state index contributed by atoms with van der Waals surface area (Å²) in [6.07, 6.45) is 11.6. The van der Waals surface area contributed by atoms with Gasteiger partial charge in [-0.25, -0.2) is 0 Å². The van der Waals surface area contributed by atoms with Crippen molar-refractivity contribution in [2.45, 2.75) is 83.8 Å². The lowest BCUT2D eigenvalue weighted by Gasteiger charge is -2.38. The molecule has 4 unspecified atom stereocenters. The molecule has 2 aliphatic rings. The average Bonchev–Trinajstić information content (AvgIpc) is 2.66. The van der Waals surface area contributed by atoms with Gasteiger partial charge in [0.1, 0.15) is 0 Å². The molecule has 2 rings (SSSR count). The summed E-state index contributed by atoms with van der Waals surface area (Å²) < 4.78 is 0. The second kappa shape index (κ2) is 7.64. The second-order valence-electron chi connectivity index (χ2n) is 6.82. The quantitative estimate of drug-likeness (QED) is 0.837. The van der Waals surface area contributed by atoms with Crippen LogP contribution in [-0.4, -0.2) is 35.2 Å². The van der Waals surface area contributed by atoms with Gasteiger partial charge in [0.15, 0.2) is 0 Å². The predicted molar refractivity (Wildman–Crippen MR) is 81.2 cm³/mol. The molecule has 0 spiro atoms. The Morgan fingerprint density at radius 1 is 1.00 bits per heavy atom. The number of likely N-dealkylation sites (tertiary alicyclic amines) is 1. The van der Waals surface area contributed by atoms with Crippen LogP contribution in [-0.2, 0) is 0 Å². The van der Waals surface area contributed by atoms with E-state index in [-0.39, 0.29) is 6.10 Å². The van der Waals surface area contributed by atoms with Crippen LogP contribution < -0.4 is 0 Å². The maximum atomic E-state index is 10.3. The third-order valence-electron chi connectivity index (χ3n) is 5.57. The van der Waals surface area contributed by atoms with Crippen LogP contribution in [0, 0.1) is 11.8 Å². The zero-order chi connectivity index (χ0) is 13.7. The predicted octanol–water partition coefficient (Wildman–Crippen LogP) is 3.83. The largest absolute Gasteiger partial charge is 0.393 e. The van der Waals surface area contributed by atoms with Gasteiger partial charge in [0.25, 0.3) is 0 Å². The third-order valence-corrected chi connectivity index (χ3v) is 5.57. The van der Waals surface area contributed by atoms with Crippen molar-refractivity contribution in [1.82, 2.24) is 4.90 Å². The van der Waals surface area contributed by atoms with Crippen molar-refractivity contribution < 1.29 is 5.11 Å². The standard InChI is InChI=1S/C17H33NO/c1-3-14-9-10-17(19)15(12-14)13-18-11-7-5-6-8-16(18)4-2/h14-17,19H,3-13H2,1-2H3. The average molecular weight is 267 g/mol. The lowest BCUT2D eigenvalue weighted by Crippen LogP contribution is -2.43. The van der Waals surface area contributed by atoms with Gasteiger partial charge in [0.2, 0.25) is 0 Å². The minimum Gasteiger partial charge on any atom is -0.393 e. The molecule has 1 aliphatic heterocycles. The Bertz CT molecular complexity index is 256. The number of hydrogen-bond acceptors (Lipinski definition) is 2. The zero-order valence-corrected chi connectivity index (χ0v) is 13.0. The number of aliphatic hydroxyl groups is 1. The summed E-state index contributed by atoms with van der Waals surface area (Å²) in [5.74, 6) is 1.39. The lowest BCUT2D eigenvalue weighted by atomic mass is 9.78. The number of nitrogens with zero attached hydrogens (tertiary/aromatic N) is 1. The first-order valence-corrected chi connectivity index (χ1v) is 8.66. The molecule has 1 saturated heterocycles. The van der Waals surface area contributed by atoms with E-state index in [1.54, 1.807) is 0 Å². The van der Waals surface area contributed by atoms with E-state index < -0.39 is 0 Å². The molecule has 0 aromatic carbocycles. The molecular weight excluding hydrogens is 234 g/mol. The number of rotatable bonds is 4. The van der Waals surface area contributed by atoms with Gasteiger partial charge in [0, 0.05) is 12.6 Å². The Kier molecular flexibility index (Phi) is 6.15. The molecule has 19 heavy (non-hydrogen) atoms. The molecule has 2 heteroatoms. The van der Waals surface area contributed by atoms with Crippen LogP contribution in [0.4, 0.5) is 0 Å². The van der Waals surface area contributed by atoms with Gasteiger partial charge in [-0.15, -0.1) is 0 Å². The van der Waals surface area contributed by atoms with E-state index in [1.807, 2.05) is 0 Å².